The van der Waals surface area contributed by atoms with Gasteiger partial charge in [0.2, 0.25) is 5.91 Å². The molecule has 1 aliphatic heterocycles. The van der Waals surface area contributed by atoms with E-state index < -0.39 is 5.41 Å². The molecule has 0 spiro atoms. The maximum Gasteiger partial charge on any atom is 0.235 e. The number of nitrogens with zero attached hydrogens (tertiary/aromatic N) is 5. The van der Waals surface area contributed by atoms with Crippen LogP contribution in [0.2, 0.25) is 0 Å². The van der Waals surface area contributed by atoms with Crippen LogP contribution in [-0.4, -0.2) is 48.4 Å². The summed E-state index contributed by atoms with van der Waals surface area (Å²) in [7, 11) is 0. The molecule has 1 N–H and O–H groups in total. The number of rotatable bonds is 8. The van der Waals surface area contributed by atoms with Crippen molar-refractivity contribution in [2.24, 2.45) is 0 Å². The molecule has 10 heteroatoms. The molecule has 36 heavy (non-hydrogen) atoms. The van der Waals surface area contributed by atoms with Gasteiger partial charge in [-0.1, -0.05) is 18.2 Å². The largest absolute Gasteiger partial charge is 0.310 e. The molecule has 0 saturated heterocycles. The Morgan fingerprint density at radius 1 is 1.17 bits per heavy atom. The summed E-state index contributed by atoms with van der Waals surface area (Å²) in [5, 5.41) is 8.17. The minimum absolute atomic E-state index is 0.137. The fourth-order valence-electron chi connectivity index (χ4n) is 4.40. The molecule has 184 valence electrons. The van der Waals surface area contributed by atoms with Gasteiger partial charge in [0.05, 0.1) is 17.3 Å². The Bertz CT molecular complexity index is 1500. The zero-order chi connectivity index (χ0) is 25.4. The van der Waals surface area contributed by atoms with Crippen molar-refractivity contribution in [2.45, 2.75) is 38.6 Å². The number of carbonyl (C=O) groups is 2. The van der Waals surface area contributed by atoms with Crippen LogP contribution in [0.25, 0.3) is 22.6 Å². The molecule has 1 aromatic carbocycles. The smallest absolute Gasteiger partial charge is 0.235 e. The lowest BCUT2D eigenvalue weighted by atomic mass is 9.84. The van der Waals surface area contributed by atoms with Gasteiger partial charge in [-0.25, -0.2) is 24.0 Å². The van der Waals surface area contributed by atoms with E-state index in [1.54, 1.807) is 60.8 Å². The predicted molar refractivity (Wildman–Crippen MR) is 138 cm³/mol. The summed E-state index contributed by atoms with van der Waals surface area (Å²) in [6.45, 7) is 3.69. The summed E-state index contributed by atoms with van der Waals surface area (Å²) < 4.78 is 16.0. The summed E-state index contributed by atoms with van der Waals surface area (Å²) in [5.74, 6) is 0.675. The van der Waals surface area contributed by atoms with Crippen LogP contribution in [0.5, 0.6) is 0 Å². The SMILES string of the molecule is CSCCCC(=O)c1nc(-c2nn(Cc3ccccc3F)c3ncccc23)nc2c1C(C)(C)C(=O)N2. The van der Waals surface area contributed by atoms with Crippen molar-refractivity contribution in [3.63, 3.8) is 0 Å². The standard InChI is InChI=1S/C26H25FN6O2S/c1-26(2)19-21(18(34)11-7-13-36-3)29-23(30-22(19)31-25(26)35)20-16-9-6-12-28-24(16)33(32-20)14-15-8-4-5-10-17(15)27/h4-6,8-10,12H,7,11,13-14H2,1-3H3,(H,29,30,31,35). The second kappa shape index (κ2) is 9.42. The Hall–Kier alpha value is -3.66. The van der Waals surface area contributed by atoms with E-state index >= 15 is 0 Å². The average Bonchev–Trinajstić information content (AvgIpc) is 3.34. The van der Waals surface area contributed by atoms with Gasteiger partial charge >= 0.3 is 0 Å². The van der Waals surface area contributed by atoms with E-state index in [1.165, 1.54) is 6.07 Å². The van der Waals surface area contributed by atoms with Crippen LogP contribution < -0.4 is 5.32 Å². The number of fused-ring (bicyclic) bond motifs is 2. The molecule has 0 unspecified atom stereocenters. The fraction of sp³-hybridized carbons (Fsp3) is 0.308. The van der Waals surface area contributed by atoms with Gasteiger partial charge in [-0.3, -0.25) is 9.59 Å². The molecule has 0 atom stereocenters. The van der Waals surface area contributed by atoms with Crippen LogP contribution in [0.1, 0.15) is 48.3 Å². The second-order valence-electron chi connectivity index (χ2n) is 9.19. The first-order valence-electron chi connectivity index (χ1n) is 11.6. The van der Waals surface area contributed by atoms with Gasteiger partial charge in [0.25, 0.3) is 0 Å². The Morgan fingerprint density at radius 3 is 2.75 bits per heavy atom. The van der Waals surface area contributed by atoms with Crippen molar-refractivity contribution in [1.29, 1.82) is 0 Å². The van der Waals surface area contributed by atoms with Crippen LogP contribution in [0.3, 0.4) is 0 Å². The van der Waals surface area contributed by atoms with Crippen molar-refractivity contribution in [1.82, 2.24) is 24.7 Å². The Labute approximate surface area is 211 Å². The number of aromatic nitrogens is 5. The lowest BCUT2D eigenvalue weighted by molar-refractivity contribution is -0.119. The third-order valence-electron chi connectivity index (χ3n) is 6.35. The number of nitrogens with one attached hydrogen (secondary N) is 1. The predicted octanol–water partition coefficient (Wildman–Crippen LogP) is 4.63. The highest BCUT2D eigenvalue weighted by atomic mass is 32.2. The number of hydrogen-bond donors (Lipinski definition) is 1. The molecule has 8 nitrogen and oxygen atoms in total. The number of Topliss-reactive ketones (excluding diaryl/α,β-unsaturated/α-hetero) is 1. The molecule has 0 aliphatic carbocycles. The zero-order valence-electron chi connectivity index (χ0n) is 20.2. The number of hydrogen-bond acceptors (Lipinski definition) is 7. The Morgan fingerprint density at radius 2 is 1.97 bits per heavy atom. The maximum absolute atomic E-state index is 14.4. The number of thioether (sulfide) groups is 1. The van der Waals surface area contributed by atoms with Gasteiger partial charge in [-0.15, -0.1) is 0 Å². The van der Waals surface area contributed by atoms with Gasteiger partial charge in [0.15, 0.2) is 17.3 Å². The van der Waals surface area contributed by atoms with Crippen molar-refractivity contribution in [3.05, 3.63) is 65.2 Å². The molecule has 3 aromatic heterocycles. The molecule has 5 rings (SSSR count). The number of pyridine rings is 1. The quantitative estimate of drug-likeness (QED) is 0.276. The molecule has 0 saturated carbocycles. The van der Waals surface area contributed by atoms with E-state index in [1.807, 2.05) is 12.3 Å². The number of anilines is 1. The van der Waals surface area contributed by atoms with Gasteiger partial charge in [0.1, 0.15) is 23.0 Å². The van der Waals surface area contributed by atoms with E-state index in [2.05, 4.69) is 25.4 Å². The topological polar surface area (TPSA) is 103 Å². The van der Waals surface area contributed by atoms with Crippen LogP contribution in [0, 0.1) is 5.82 Å². The highest BCUT2D eigenvalue weighted by molar-refractivity contribution is 7.98. The molecule has 0 fully saturated rings. The Balaban J connectivity index is 1.65. The normalized spacial score (nSPS) is 14.2. The van der Waals surface area contributed by atoms with E-state index in [-0.39, 0.29) is 35.6 Å². The van der Waals surface area contributed by atoms with Crippen LogP contribution in [0.15, 0.2) is 42.6 Å². The minimum atomic E-state index is -0.938. The van der Waals surface area contributed by atoms with Crippen molar-refractivity contribution in [3.8, 4) is 11.5 Å². The molecular formula is C26H25FN6O2S. The summed E-state index contributed by atoms with van der Waals surface area (Å²) >= 11 is 1.67. The molecular weight excluding hydrogens is 479 g/mol. The summed E-state index contributed by atoms with van der Waals surface area (Å²) in [6.07, 6.45) is 4.66. The highest BCUT2D eigenvalue weighted by Gasteiger charge is 2.44. The zero-order valence-corrected chi connectivity index (χ0v) is 21.0. The second-order valence-corrected chi connectivity index (χ2v) is 10.2. The number of halogens is 1. The molecule has 4 heterocycles. The Kier molecular flexibility index (Phi) is 6.29. The first kappa shape index (κ1) is 24.1. The van der Waals surface area contributed by atoms with Gasteiger partial charge in [-0.2, -0.15) is 16.9 Å². The van der Waals surface area contributed by atoms with E-state index in [0.29, 0.717) is 46.5 Å². The van der Waals surface area contributed by atoms with Crippen LogP contribution >= 0.6 is 11.8 Å². The van der Waals surface area contributed by atoms with Crippen molar-refractivity contribution in [2.75, 3.05) is 17.3 Å². The molecule has 0 bridgehead atoms. The monoisotopic (exact) mass is 504 g/mol. The third-order valence-corrected chi connectivity index (χ3v) is 7.04. The van der Waals surface area contributed by atoms with Gasteiger partial charge < -0.3 is 5.32 Å². The summed E-state index contributed by atoms with van der Waals surface area (Å²) in [6, 6.07) is 10.1. The third kappa shape index (κ3) is 4.15. The maximum atomic E-state index is 14.4. The number of carbonyl (C=O) groups excluding carboxylic acids is 2. The van der Waals surface area contributed by atoms with Crippen molar-refractivity contribution < 1.29 is 14.0 Å². The molecule has 1 amide bonds. The number of ketones is 1. The fourth-order valence-corrected chi connectivity index (χ4v) is 4.83. The van der Waals surface area contributed by atoms with E-state index in [9.17, 15) is 14.0 Å². The van der Waals surface area contributed by atoms with Gasteiger partial charge in [0, 0.05) is 23.7 Å². The van der Waals surface area contributed by atoms with Crippen LogP contribution in [0.4, 0.5) is 10.2 Å². The van der Waals surface area contributed by atoms with E-state index in [4.69, 9.17) is 0 Å². The first-order chi connectivity index (χ1) is 17.3. The molecule has 4 aromatic rings. The van der Waals surface area contributed by atoms with Crippen LogP contribution in [-0.2, 0) is 16.8 Å². The van der Waals surface area contributed by atoms with E-state index in [0.717, 1.165) is 5.75 Å². The molecule has 0 radical (unpaired) electrons. The highest BCUT2D eigenvalue weighted by Crippen LogP contribution is 2.40. The lowest BCUT2D eigenvalue weighted by Gasteiger charge is -2.17. The summed E-state index contributed by atoms with van der Waals surface area (Å²) in [4.78, 5) is 39.8. The minimum Gasteiger partial charge on any atom is -0.310 e. The first-order valence-corrected chi connectivity index (χ1v) is 13.0. The molecule has 1 aliphatic rings. The number of benzene rings is 1. The lowest BCUT2D eigenvalue weighted by Crippen LogP contribution is -2.28. The van der Waals surface area contributed by atoms with Gasteiger partial charge in [-0.05, 0) is 50.5 Å². The van der Waals surface area contributed by atoms with Crippen molar-refractivity contribution >= 4 is 40.3 Å². The number of amides is 1. The average molecular weight is 505 g/mol. The summed E-state index contributed by atoms with van der Waals surface area (Å²) in [5.41, 5.74) is 1.23.